The maximum Gasteiger partial charge on any atom is 0.213 e. The highest BCUT2D eigenvalue weighted by atomic mass is 32.1. The van der Waals surface area contributed by atoms with Gasteiger partial charge in [-0.1, -0.05) is 18.2 Å². The molecule has 3 rings (SSSR count). The van der Waals surface area contributed by atoms with E-state index in [9.17, 15) is 0 Å². The second-order valence-electron chi connectivity index (χ2n) is 4.06. The van der Waals surface area contributed by atoms with E-state index < -0.39 is 0 Å². The normalized spacial score (nSPS) is 11.1. The molecule has 17 heavy (non-hydrogen) atoms. The van der Waals surface area contributed by atoms with Gasteiger partial charge in [0.2, 0.25) is 4.77 Å². The molecule has 0 aliphatic rings. The molecule has 0 atom stereocenters. The van der Waals surface area contributed by atoms with Crippen molar-refractivity contribution in [2.75, 3.05) is 0 Å². The van der Waals surface area contributed by atoms with Gasteiger partial charge < -0.3 is 4.98 Å². The summed E-state index contributed by atoms with van der Waals surface area (Å²) >= 11 is 4.95. The number of nitrogens with zero attached hydrogens (tertiary/aromatic N) is 1. The van der Waals surface area contributed by atoms with Crippen molar-refractivity contribution in [2.24, 2.45) is 0 Å². The van der Waals surface area contributed by atoms with Crippen LogP contribution in [-0.2, 0) is 6.42 Å². The molecule has 86 valence electrons. The lowest BCUT2D eigenvalue weighted by Gasteiger charge is -1.97. The fraction of sp³-hybridized carbons (Fsp3) is 0.167. The zero-order valence-electron chi connectivity index (χ0n) is 9.37. The molecule has 4 nitrogen and oxygen atoms in total. The third-order valence-corrected chi connectivity index (χ3v) is 3.11. The Hall–Kier alpha value is -1.88. The van der Waals surface area contributed by atoms with Crippen LogP contribution in [0.5, 0.6) is 0 Å². The van der Waals surface area contributed by atoms with Crippen LogP contribution in [0.4, 0.5) is 0 Å². The predicted octanol–water partition coefficient (Wildman–Crippen LogP) is 2.85. The molecule has 0 unspecified atom stereocenters. The second-order valence-corrected chi connectivity index (χ2v) is 4.45. The lowest BCUT2D eigenvalue weighted by Crippen LogP contribution is -1.92. The van der Waals surface area contributed by atoms with Crippen LogP contribution in [-0.4, -0.2) is 20.2 Å². The zero-order valence-corrected chi connectivity index (χ0v) is 10.2. The number of para-hydroxylation sites is 1. The van der Waals surface area contributed by atoms with Crippen LogP contribution in [0.1, 0.15) is 17.1 Å². The SMILES string of the molecule is Cc1[nH]c2ccccc2c1Cc1nc(=S)[nH][nH]1. The molecule has 0 fully saturated rings. The minimum Gasteiger partial charge on any atom is -0.358 e. The van der Waals surface area contributed by atoms with E-state index in [-0.39, 0.29) is 0 Å². The molecule has 0 aliphatic heterocycles. The first kappa shape index (κ1) is 10.3. The van der Waals surface area contributed by atoms with E-state index in [4.69, 9.17) is 12.2 Å². The molecular weight excluding hydrogens is 232 g/mol. The molecule has 3 aromatic rings. The standard InChI is InChI=1S/C12H12N4S/c1-7-9(6-11-14-12(17)16-15-11)8-4-2-3-5-10(8)13-7/h2-5,13H,6H2,1H3,(H2,14,15,16,17). The van der Waals surface area contributed by atoms with E-state index in [1.807, 2.05) is 12.1 Å². The number of rotatable bonds is 2. The van der Waals surface area contributed by atoms with Crippen molar-refractivity contribution >= 4 is 23.1 Å². The van der Waals surface area contributed by atoms with Crippen molar-refractivity contribution in [1.29, 1.82) is 0 Å². The quantitative estimate of drug-likeness (QED) is 0.607. The Balaban J connectivity index is 2.10. The lowest BCUT2D eigenvalue weighted by molar-refractivity contribution is 0.968. The minimum atomic E-state index is 0.498. The Morgan fingerprint density at radius 3 is 2.82 bits per heavy atom. The first-order valence-electron chi connectivity index (χ1n) is 5.44. The third kappa shape index (κ3) is 1.78. The number of aryl methyl sites for hydroxylation is 1. The molecule has 2 heterocycles. The fourth-order valence-corrected chi connectivity index (χ4v) is 2.28. The Kier molecular flexibility index (Phi) is 2.33. The topological polar surface area (TPSA) is 60.3 Å². The summed E-state index contributed by atoms with van der Waals surface area (Å²) in [6.07, 6.45) is 0.753. The number of aromatic amines is 3. The van der Waals surface area contributed by atoms with E-state index in [1.165, 1.54) is 16.6 Å². The summed E-state index contributed by atoms with van der Waals surface area (Å²) in [6.45, 7) is 2.08. The van der Waals surface area contributed by atoms with Crippen LogP contribution >= 0.6 is 12.2 Å². The summed E-state index contributed by atoms with van der Waals surface area (Å²) in [6, 6.07) is 8.28. The van der Waals surface area contributed by atoms with E-state index in [2.05, 4.69) is 39.2 Å². The van der Waals surface area contributed by atoms with Gasteiger partial charge in [-0.25, -0.2) is 4.98 Å². The Labute approximate surface area is 103 Å². The predicted molar refractivity (Wildman–Crippen MR) is 69.6 cm³/mol. The lowest BCUT2D eigenvalue weighted by atomic mass is 10.1. The van der Waals surface area contributed by atoms with Gasteiger partial charge in [0.1, 0.15) is 5.82 Å². The molecule has 3 N–H and O–H groups in total. The summed E-state index contributed by atoms with van der Waals surface area (Å²) in [4.78, 5) is 7.60. The average molecular weight is 244 g/mol. The number of hydrogen-bond acceptors (Lipinski definition) is 2. The van der Waals surface area contributed by atoms with E-state index >= 15 is 0 Å². The highest BCUT2D eigenvalue weighted by molar-refractivity contribution is 7.71. The monoisotopic (exact) mass is 244 g/mol. The molecule has 0 aliphatic carbocycles. The Morgan fingerprint density at radius 2 is 2.06 bits per heavy atom. The average Bonchev–Trinajstić information content (AvgIpc) is 2.85. The molecule has 5 heteroatoms. The van der Waals surface area contributed by atoms with Gasteiger partial charge in [0, 0.05) is 23.0 Å². The van der Waals surface area contributed by atoms with Crippen LogP contribution in [0.3, 0.4) is 0 Å². The smallest absolute Gasteiger partial charge is 0.213 e. The first-order valence-corrected chi connectivity index (χ1v) is 5.84. The van der Waals surface area contributed by atoms with Crippen molar-refractivity contribution in [3.8, 4) is 0 Å². The van der Waals surface area contributed by atoms with Crippen LogP contribution in [0, 0.1) is 11.7 Å². The van der Waals surface area contributed by atoms with Crippen molar-refractivity contribution in [3.63, 3.8) is 0 Å². The summed E-state index contributed by atoms with van der Waals surface area (Å²) in [7, 11) is 0. The molecular formula is C12H12N4S. The van der Waals surface area contributed by atoms with Gasteiger partial charge in [-0.3, -0.25) is 10.2 Å². The number of nitrogens with one attached hydrogen (secondary N) is 3. The van der Waals surface area contributed by atoms with Gasteiger partial charge >= 0.3 is 0 Å². The van der Waals surface area contributed by atoms with Gasteiger partial charge in [-0.05, 0) is 30.8 Å². The van der Waals surface area contributed by atoms with Crippen LogP contribution in [0.2, 0.25) is 0 Å². The number of H-pyrrole nitrogens is 3. The van der Waals surface area contributed by atoms with Crippen molar-refractivity contribution < 1.29 is 0 Å². The largest absolute Gasteiger partial charge is 0.358 e. The molecule has 0 spiro atoms. The minimum absolute atomic E-state index is 0.498. The van der Waals surface area contributed by atoms with Gasteiger partial charge in [0.05, 0.1) is 0 Å². The van der Waals surface area contributed by atoms with Gasteiger partial charge in [0.15, 0.2) is 0 Å². The molecule has 0 radical (unpaired) electrons. The van der Waals surface area contributed by atoms with Crippen LogP contribution in [0.25, 0.3) is 10.9 Å². The maximum absolute atomic E-state index is 4.95. The highest BCUT2D eigenvalue weighted by Crippen LogP contribution is 2.23. The number of benzene rings is 1. The highest BCUT2D eigenvalue weighted by Gasteiger charge is 2.09. The number of hydrogen-bond donors (Lipinski definition) is 3. The second kappa shape index (κ2) is 3.85. The zero-order chi connectivity index (χ0) is 11.8. The molecule has 0 saturated heterocycles. The molecule has 0 amide bonds. The van der Waals surface area contributed by atoms with Crippen LogP contribution in [0.15, 0.2) is 24.3 Å². The van der Waals surface area contributed by atoms with E-state index in [0.717, 1.165) is 17.8 Å². The fourth-order valence-electron chi connectivity index (χ4n) is 2.12. The Bertz CT molecular complexity index is 719. The first-order chi connectivity index (χ1) is 8.24. The summed E-state index contributed by atoms with van der Waals surface area (Å²) in [5.41, 5.74) is 3.60. The van der Waals surface area contributed by atoms with Crippen molar-refractivity contribution in [1.82, 2.24) is 20.2 Å². The Morgan fingerprint density at radius 1 is 1.24 bits per heavy atom. The van der Waals surface area contributed by atoms with Crippen LogP contribution < -0.4 is 0 Å². The molecule has 2 aromatic heterocycles. The molecule has 0 saturated carbocycles. The van der Waals surface area contributed by atoms with E-state index in [1.54, 1.807) is 0 Å². The maximum atomic E-state index is 4.95. The van der Waals surface area contributed by atoms with E-state index in [0.29, 0.717) is 4.77 Å². The number of aromatic nitrogens is 4. The molecule has 0 bridgehead atoms. The van der Waals surface area contributed by atoms with Crippen molar-refractivity contribution in [2.45, 2.75) is 13.3 Å². The third-order valence-electron chi connectivity index (χ3n) is 2.92. The molecule has 1 aromatic carbocycles. The van der Waals surface area contributed by atoms with Crippen molar-refractivity contribution in [3.05, 3.63) is 46.1 Å². The summed E-state index contributed by atoms with van der Waals surface area (Å²) in [5.74, 6) is 0.864. The van der Waals surface area contributed by atoms with Gasteiger partial charge in [-0.15, -0.1) is 0 Å². The summed E-state index contributed by atoms with van der Waals surface area (Å²) in [5, 5.41) is 7.04. The summed E-state index contributed by atoms with van der Waals surface area (Å²) < 4.78 is 0.498. The van der Waals surface area contributed by atoms with Gasteiger partial charge in [0.25, 0.3) is 0 Å². The number of fused-ring (bicyclic) bond motifs is 1. The van der Waals surface area contributed by atoms with Gasteiger partial charge in [-0.2, -0.15) is 0 Å².